The largest absolute Gasteiger partial charge is 0.325 e. The van der Waals surface area contributed by atoms with E-state index in [-0.39, 0.29) is 5.91 Å². The Bertz CT molecular complexity index is 769. The first-order valence-electron chi connectivity index (χ1n) is 8.48. The Labute approximate surface area is 150 Å². The highest BCUT2D eigenvalue weighted by Gasteiger charge is 2.36. The van der Waals surface area contributed by atoms with E-state index in [4.69, 9.17) is 5.73 Å². The zero-order valence-corrected chi connectivity index (χ0v) is 14.1. The van der Waals surface area contributed by atoms with E-state index in [9.17, 15) is 18.8 Å². The molecule has 0 saturated carbocycles. The van der Waals surface area contributed by atoms with Crippen molar-refractivity contribution in [2.45, 2.75) is 30.8 Å². The number of nitriles is 1. The smallest absolute Gasteiger partial charge is 0.241 e. The maximum Gasteiger partial charge on any atom is 0.241 e. The average Bonchev–Trinajstić information content (AvgIpc) is 3.13. The average molecular weight is 355 g/mol. The summed E-state index contributed by atoms with van der Waals surface area (Å²) in [5.41, 5.74) is 7.63. The number of hydrogen-bond acceptors (Lipinski definition) is 3. The van der Waals surface area contributed by atoms with E-state index < -0.39 is 29.6 Å². The summed E-state index contributed by atoms with van der Waals surface area (Å²) in [4.78, 5) is 14.4. The van der Waals surface area contributed by atoms with Crippen LogP contribution in [0.25, 0.3) is 0 Å². The molecule has 2 atom stereocenters. The number of likely N-dealkylation sites (tertiary alicyclic amines) is 1. The summed E-state index contributed by atoms with van der Waals surface area (Å²) < 4.78 is 26.6. The van der Waals surface area contributed by atoms with Gasteiger partial charge >= 0.3 is 0 Å². The van der Waals surface area contributed by atoms with Crippen molar-refractivity contribution in [1.29, 1.82) is 5.26 Å². The SMILES string of the molecule is N#C[C@H]1CCCN1C(=O)[C@@H](N)C(c1ccc(F)cc1)c1ccc(F)cc1. The van der Waals surface area contributed by atoms with Crippen LogP contribution in [-0.4, -0.2) is 29.4 Å². The van der Waals surface area contributed by atoms with Crippen LogP contribution in [0, 0.1) is 23.0 Å². The highest BCUT2D eigenvalue weighted by atomic mass is 19.1. The van der Waals surface area contributed by atoms with E-state index in [1.54, 1.807) is 24.3 Å². The Morgan fingerprint density at radius 1 is 1.08 bits per heavy atom. The van der Waals surface area contributed by atoms with Gasteiger partial charge in [-0.25, -0.2) is 8.78 Å². The lowest BCUT2D eigenvalue weighted by molar-refractivity contribution is -0.132. The molecule has 0 aromatic heterocycles. The molecule has 0 radical (unpaired) electrons. The molecule has 1 aliphatic rings. The third-order valence-corrected chi connectivity index (χ3v) is 4.79. The Hall–Kier alpha value is -2.78. The molecular weight excluding hydrogens is 336 g/mol. The maximum absolute atomic E-state index is 13.3. The predicted octanol–water partition coefficient (Wildman–Crippen LogP) is 2.94. The molecule has 0 spiro atoms. The number of nitrogens with zero attached hydrogens (tertiary/aromatic N) is 2. The monoisotopic (exact) mass is 355 g/mol. The second-order valence-electron chi connectivity index (χ2n) is 6.43. The molecule has 1 saturated heterocycles. The first-order valence-corrected chi connectivity index (χ1v) is 8.48. The lowest BCUT2D eigenvalue weighted by Crippen LogP contribution is -2.48. The molecule has 1 heterocycles. The molecule has 0 aliphatic carbocycles. The van der Waals surface area contributed by atoms with Gasteiger partial charge in [0.2, 0.25) is 5.91 Å². The minimum absolute atomic E-state index is 0.326. The van der Waals surface area contributed by atoms with Crippen LogP contribution in [-0.2, 0) is 4.79 Å². The third kappa shape index (κ3) is 3.58. The van der Waals surface area contributed by atoms with Crippen LogP contribution in [0.5, 0.6) is 0 Å². The fourth-order valence-corrected chi connectivity index (χ4v) is 3.45. The van der Waals surface area contributed by atoms with Gasteiger partial charge in [0, 0.05) is 12.5 Å². The summed E-state index contributed by atoms with van der Waals surface area (Å²) in [5.74, 6) is -1.68. The lowest BCUT2D eigenvalue weighted by Gasteiger charge is -2.29. The molecule has 1 aliphatic heterocycles. The molecule has 4 nitrogen and oxygen atoms in total. The second-order valence-corrected chi connectivity index (χ2v) is 6.43. The van der Waals surface area contributed by atoms with Gasteiger partial charge in [-0.3, -0.25) is 4.79 Å². The Balaban J connectivity index is 1.97. The second kappa shape index (κ2) is 7.63. The lowest BCUT2D eigenvalue weighted by atomic mass is 9.84. The summed E-state index contributed by atoms with van der Waals surface area (Å²) in [6.45, 7) is 0.490. The van der Waals surface area contributed by atoms with Gasteiger partial charge in [-0.2, -0.15) is 5.26 Å². The Morgan fingerprint density at radius 3 is 2.04 bits per heavy atom. The quantitative estimate of drug-likeness (QED) is 0.917. The molecule has 2 aromatic rings. The van der Waals surface area contributed by atoms with E-state index in [1.165, 1.54) is 29.2 Å². The van der Waals surface area contributed by atoms with E-state index in [1.807, 2.05) is 0 Å². The summed E-state index contributed by atoms with van der Waals surface area (Å²) in [6, 6.07) is 12.2. The van der Waals surface area contributed by atoms with Crippen molar-refractivity contribution in [2.24, 2.45) is 5.73 Å². The number of hydrogen-bond donors (Lipinski definition) is 1. The van der Waals surface area contributed by atoms with Gasteiger partial charge < -0.3 is 10.6 Å². The topological polar surface area (TPSA) is 70.1 Å². The van der Waals surface area contributed by atoms with Gasteiger partial charge in [0.25, 0.3) is 0 Å². The van der Waals surface area contributed by atoms with Crippen molar-refractivity contribution in [1.82, 2.24) is 4.90 Å². The molecule has 1 amide bonds. The van der Waals surface area contributed by atoms with Crippen molar-refractivity contribution in [3.8, 4) is 6.07 Å². The number of nitrogens with two attached hydrogens (primary N) is 1. The van der Waals surface area contributed by atoms with Crippen molar-refractivity contribution in [3.63, 3.8) is 0 Å². The molecule has 1 fully saturated rings. The first kappa shape index (κ1) is 18.0. The van der Waals surface area contributed by atoms with Crippen molar-refractivity contribution >= 4 is 5.91 Å². The molecule has 134 valence electrons. The summed E-state index contributed by atoms with van der Waals surface area (Å²) in [6.07, 6.45) is 1.39. The van der Waals surface area contributed by atoms with E-state index in [0.717, 1.165) is 6.42 Å². The van der Waals surface area contributed by atoms with Crippen molar-refractivity contribution < 1.29 is 13.6 Å². The highest BCUT2D eigenvalue weighted by molar-refractivity contribution is 5.84. The number of carbonyl (C=O) groups excluding carboxylic acids is 1. The minimum atomic E-state index is -0.958. The zero-order chi connectivity index (χ0) is 18.7. The Kier molecular flexibility index (Phi) is 5.29. The van der Waals surface area contributed by atoms with E-state index in [2.05, 4.69) is 6.07 Å². The maximum atomic E-state index is 13.3. The van der Waals surface area contributed by atoms with Crippen LogP contribution >= 0.6 is 0 Å². The Morgan fingerprint density at radius 2 is 1.58 bits per heavy atom. The summed E-state index contributed by atoms with van der Waals surface area (Å²) in [7, 11) is 0. The molecule has 2 aromatic carbocycles. The van der Waals surface area contributed by atoms with Gasteiger partial charge in [0.1, 0.15) is 17.7 Å². The van der Waals surface area contributed by atoms with Gasteiger partial charge in [0.15, 0.2) is 0 Å². The zero-order valence-electron chi connectivity index (χ0n) is 14.1. The first-order chi connectivity index (χ1) is 12.5. The normalized spacial score (nSPS) is 18.0. The van der Waals surface area contributed by atoms with Crippen LogP contribution in [0.15, 0.2) is 48.5 Å². The summed E-state index contributed by atoms with van der Waals surface area (Å²) >= 11 is 0. The molecule has 2 N–H and O–H groups in total. The predicted molar refractivity (Wildman–Crippen MR) is 93.0 cm³/mol. The van der Waals surface area contributed by atoms with Crippen molar-refractivity contribution in [3.05, 3.63) is 71.3 Å². The van der Waals surface area contributed by atoms with Gasteiger partial charge in [0.05, 0.1) is 12.1 Å². The molecule has 3 rings (SSSR count). The van der Waals surface area contributed by atoms with Gasteiger partial charge in [-0.1, -0.05) is 24.3 Å². The van der Waals surface area contributed by atoms with Gasteiger partial charge in [-0.15, -0.1) is 0 Å². The van der Waals surface area contributed by atoms with Crippen LogP contribution in [0.1, 0.15) is 29.9 Å². The minimum Gasteiger partial charge on any atom is -0.325 e. The number of benzene rings is 2. The highest BCUT2D eigenvalue weighted by Crippen LogP contribution is 2.30. The number of halogens is 2. The molecule has 0 unspecified atom stereocenters. The summed E-state index contributed by atoms with van der Waals surface area (Å²) in [5, 5.41) is 9.23. The standard InChI is InChI=1S/C20H19F2N3O/c21-15-7-3-13(4-8-15)18(14-5-9-16(22)10-6-14)19(24)20(26)25-11-1-2-17(25)12-23/h3-10,17-19H,1-2,11,24H2/t17-,19+/m1/s1. The van der Waals surface area contributed by atoms with E-state index in [0.29, 0.717) is 24.1 Å². The number of carbonyl (C=O) groups is 1. The molecule has 26 heavy (non-hydrogen) atoms. The van der Waals surface area contributed by atoms with Crippen LogP contribution in [0.3, 0.4) is 0 Å². The third-order valence-electron chi connectivity index (χ3n) is 4.79. The molecule has 6 heteroatoms. The van der Waals surface area contributed by atoms with E-state index >= 15 is 0 Å². The van der Waals surface area contributed by atoms with Gasteiger partial charge in [-0.05, 0) is 48.2 Å². The number of rotatable bonds is 4. The van der Waals surface area contributed by atoms with Crippen molar-refractivity contribution in [2.75, 3.05) is 6.54 Å². The van der Waals surface area contributed by atoms with Crippen LogP contribution < -0.4 is 5.73 Å². The fourth-order valence-electron chi connectivity index (χ4n) is 3.45. The van der Waals surface area contributed by atoms with Crippen LogP contribution in [0.2, 0.25) is 0 Å². The molecule has 0 bridgehead atoms. The number of amides is 1. The molecular formula is C20H19F2N3O. The van der Waals surface area contributed by atoms with Crippen LogP contribution in [0.4, 0.5) is 8.78 Å². The fraction of sp³-hybridized carbons (Fsp3) is 0.300.